The first kappa shape index (κ1) is 16.0. The van der Waals surface area contributed by atoms with E-state index in [2.05, 4.69) is 6.58 Å². The molecular weight excluding hydrogens is 274 g/mol. The van der Waals surface area contributed by atoms with Crippen molar-refractivity contribution in [3.63, 3.8) is 0 Å². The molecule has 0 aromatic rings. The average molecular weight is 301 g/mol. The Hall–Kier alpha value is -0.390. The maximum absolute atomic E-state index is 12.6. The molecule has 5 heteroatoms. The Morgan fingerprint density at radius 2 is 1.75 bits per heavy atom. The Bertz CT molecular complexity index is 393. The van der Waals surface area contributed by atoms with Gasteiger partial charge in [0.2, 0.25) is 10.0 Å². The number of rotatable bonds is 6. The molecule has 0 unspecified atom stereocenters. The van der Waals surface area contributed by atoms with Gasteiger partial charge in [-0.25, -0.2) is 12.7 Å². The third-order valence-corrected chi connectivity index (χ3v) is 6.89. The minimum absolute atomic E-state index is 0.121. The molecular formula is C15H27NO3S. The topological polar surface area (TPSA) is 46.6 Å². The van der Waals surface area contributed by atoms with Crippen molar-refractivity contribution in [3.8, 4) is 0 Å². The normalized spacial score (nSPS) is 23.8. The maximum atomic E-state index is 12.6. The van der Waals surface area contributed by atoms with Crippen LogP contribution in [0.3, 0.4) is 0 Å². The molecule has 116 valence electrons. The summed E-state index contributed by atoms with van der Waals surface area (Å²) in [6, 6.07) is 0. The molecule has 2 fully saturated rings. The zero-order chi connectivity index (χ0) is 14.4. The molecule has 0 radical (unpaired) electrons. The van der Waals surface area contributed by atoms with Crippen LogP contribution in [0.4, 0.5) is 0 Å². The molecule has 1 saturated heterocycles. The molecule has 0 N–H and O–H groups in total. The van der Waals surface area contributed by atoms with Gasteiger partial charge in [-0.05, 0) is 31.6 Å². The van der Waals surface area contributed by atoms with Crippen molar-refractivity contribution < 1.29 is 13.2 Å². The van der Waals surface area contributed by atoms with Crippen molar-refractivity contribution >= 4 is 10.0 Å². The minimum atomic E-state index is -3.06. The standard InChI is InChI=1S/C15H27NO3S/c1-2-12-19-13-14-8-10-16(11-9-14)20(17,18)15-6-4-3-5-7-15/h2,14-15H,1,3-13H2. The van der Waals surface area contributed by atoms with Gasteiger partial charge in [0.15, 0.2) is 0 Å². The molecule has 2 aliphatic rings. The highest BCUT2D eigenvalue weighted by atomic mass is 32.2. The fourth-order valence-electron chi connectivity index (χ4n) is 3.22. The van der Waals surface area contributed by atoms with Gasteiger partial charge in [-0.15, -0.1) is 6.58 Å². The van der Waals surface area contributed by atoms with Crippen LogP contribution in [-0.2, 0) is 14.8 Å². The van der Waals surface area contributed by atoms with Crippen LogP contribution in [0, 0.1) is 5.92 Å². The molecule has 2 rings (SSSR count). The number of ether oxygens (including phenoxy) is 1. The van der Waals surface area contributed by atoms with E-state index in [0.29, 0.717) is 25.6 Å². The van der Waals surface area contributed by atoms with Crippen molar-refractivity contribution in [2.75, 3.05) is 26.3 Å². The van der Waals surface area contributed by atoms with Crippen LogP contribution in [0.2, 0.25) is 0 Å². The van der Waals surface area contributed by atoms with Crippen LogP contribution in [0.25, 0.3) is 0 Å². The minimum Gasteiger partial charge on any atom is -0.377 e. The molecule has 4 nitrogen and oxygen atoms in total. The molecule has 1 saturated carbocycles. The molecule has 0 amide bonds. The van der Waals surface area contributed by atoms with Gasteiger partial charge in [0, 0.05) is 19.7 Å². The van der Waals surface area contributed by atoms with Gasteiger partial charge in [0.05, 0.1) is 11.9 Å². The van der Waals surface area contributed by atoms with Gasteiger partial charge in [-0.1, -0.05) is 25.3 Å². The van der Waals surface area contributed by atoms with E-state index in [1.165, 1.54) is 6.42 Å². The van der Waals surface area contributed by atoms with Gasteiger partial charge in [0.25, 0.3) is 0 Å². The smallest absolute Gasteiger partial charge is 0.216 e. The zero-order valence-electron chi connectivity index (χ0n) is 12.3. The van der Waals surface area contributed by atoms with Crippen LogP contribution < -0.4 is 0 Å². The Kier molecular flexibility index (Phi) is 6.05. The summed E-state index contributed by atoms with van der Waals surface area (Å²) in [4.78, 5) is 0. The van der Waals surface area contributed by atoms with E-state index in [9.17, 15) is 8.42 Å². The highest BCUT2D eigenvalue weighted by molar-refractivity contribution is 7.89. The lowest BCUT2D eigenvalue weighted by Gasteiger charge is -2.34. The lowest BCUT2D eigenvalue weighted by atomic mass is 9.99. The Balaban J connectivity index is 1.81. The predicted molar refractivity (Wildman–Crippen MR) is 81.1 cm³/mol. The van der Waals surface area contributed by atoms with Crippen LogP contribution in [-0.4, -0.2) is 44.3 Å². The fourth-order valence-corrected chi connectivity index (χ4v) is 5.29. The van der Waals surface area contributed by atoms with Gasteiger partial charge < -0.3 is 4.74 Å². The van der Waals surface area contributed by atoms with Crippen LogP contribution in [0.15, 0.2) is 12.7 Å². The lowest BCUT2D eigenvalue weighted by molar-refractivity contribution is 0.0980. The van der Waals surface area contributed by atoms with Crippen LogP contribution >= 0.6 is 0 Å². The summed E-state index contributed by atoms with van der Waals surface area (Å²) in [6.45, 7) is 6.27. The second-order valence-corrected chi connectivity index (χ2v) is 8.19. The van der Waals surface area contributed by atoms with E-state index in [1.807, 2.05) is 0 Å². The Morgan fingerprint density at radius 1 is 1.10 bits per heavy atom. The molecule has 0 aromatic heterocycles. The van der Waals surface area contributed by atoms with Gasteiger partial charge in [-0.2, -0.15) is 0 Å². The lowest BCUT2D eigenvalue weighted by Crippen LogP contribution is -2.44. The second kappa shape index (κ2) is 7.57. The number of nitrogens with zero attached hydrogens (tertiary/aromatic N) is 1. The van der Waals surface area contributed by atoms with Crippen molar-refractivity contribution in [2.45, 2.75) is 50.2 Å². The van der Waals surface area contributed by atoms with E-state index in [1.54, 1.807) is 10.4 Å². The van der Waals surface area contributed by atoms with Gasteiger partial charge in [-0.3, -0.25) is 0 Å². The second-order valence-electron chi connectivity index (χ2n) is 5.97. The molecule has 1 aliphatic carbocycles. The summed E-state index contributed by atoms with van der Waals surface area (Å²) in [5.74, 6) is 0.493. The van der Waals surface area contributed by atoms with E-state index in [0.717, 1.165) is 45.1 Å². The van der Waals surface area contributed by atoms with Crippen molar-refractivity contribution in [1.29, 1.82) is 0 Å². The maximum Gasteiger partial charge on any atom is 0.216 e. The van der Waals surface area contributed by atoms with E-state index in [-0.39, 0.29) is 5.25 Å². The molecule has 0 bridgehead atoms. The monoisotopic (exact) mass is 301 g/mol. The molecule has 0 atom stereocenters. The van der Waals surface area contributed by atoms with Crippen molar-refractivity contribution in [2.24, 2.45) is 5.92 Å². The van der Waals surface area contributed by atoms with Crippen LogP contribution in [0.5, 0.6) is 0 Å². The van der Waals surface area contributed by atoms with Gasteiger partial charge >= 0.3 is 0 Å². The molecule has 0 aromatic carbocycles. The highest BCUT2D eigenvalue weighted by Crippen LogP contribution is 2.29. The molecule has 1 heterocycles. The number of hydrogen-bond acceptors (Lipinski definition) is 3. The first-order chi connectivity index (χ1) is 9.64. The fraction of sp³-hybridized carbons (Fsp3) is 0.867. The van der Waals surface area contributed by atoms with Crippen LogP contribution in [0.1, 0.15) is 44.9 Å². The predicted octanol–water partition coefficient (Wildman–Crippen LogP) is 2.56. The third kappa shape index (κ3) is 4.06. The molecule has 0 spiro atoms. The first-order valence-corrected chi connectivity index (χ1v) is 9.32. The number of sulfonamides is 1. The SMILES string of the molecule is C=CCOCC1CCN(S(=O)(=O)C2CCCCC2)CC1. The summed E-state index contributed by atoms with van der Waals surface area (Å²) < 4.78 is 32.4. The number of hydrogen-bond donors (Lipinski definition) is 0. The summed E-state index contributed by atoms with van der Waals surface area (Å²) in [5.41, 5.74) is 0. The Morgan fingerprint density at radius 3 is 2.35 bits per heavy atom. The third-order valence-electron chi connectivity index (χ3n) is 4.50. The largest absolute Gasteiger partial charge is 0.377 e. The summed E-state index contributed by atoms with van der Waals surface area (Å²) >= 11 is 0. The summed E-state index contributed by atoms with van der Waals surface area (Å²) in [6.07, 6.45) is 8.62. The molecule has 1 aliphatic heterocycles. The van der Waals surface area contributed by atoms with Gasteiger partial charge in [0.1, 0.15) is 0 Å². The Labute approximate surface area is 123 Å². The van der Waals surface area contributed by atoms with Crippen molar-refractivity contribution in [1.82, 2.24) is 4.31 Å². The highest BCUT2D eigenvalue weighted by Gasteiger charge is 2.35. The molecule has 20 heavy (non-hydrogen) atoms. The van der Waals surface area contributed by atoms with E-state index < -0.39 is 10.0 Å². The number of piperidine rings is 1. The average Bonchev–Trinajstić information content (AvgIpc) is 2.49. The zero-order valence-corrected chi connectivity index (χ0v) is 13.1. The van der Waals surface area contributed by atoms with E-state index in [4.69, 9.17) is 4.74 Å². The quantitative estimate of drug-likeness (QED) is 0.559. The summed E-state index contributed by atoms with van der Waals surface area (Å²) in [5, 5.41) is -0.121. The first-order valence-electron chi connectivity index (χ1n) is 7.82. The van der Waals surface area contributed by atoms with E-state index >= 15 is 0 Å². The van der Waals surface area contributed by atoms with Crippen molar-refractivity contribution in [3.05, 3.63) is 12.7 Å². The summed E-state index contributed by atoms with van der Waals surface area (Å²) in [7, 11) is -3.06.